The Balaban J connectivity index is 2.22. The number of hydrogen-bond acceptors (Lipinski definition) is 4. The molecule has 0 aliphatic carbocycles. The Bertz CT molecular complexity index is 426. The fourth-order valence-electron chi connectivity index (χ4n) is 1.35. The molecular weight excluding hydrogens is 278 g/mol. The van der Waals surface area contributed by atoms with Crippen LogP contribution in [0.5, 0.6) is 5.75 Å². The van der Waals surface area contributed by atoms with E-state index in [2.05, 4.69) is 25.7 Å². The molecule has 0 bridgehead atoms. The molecule has 20 heavy (non-hydrogen) atoms. The Morgan fingerprint density at radius 2 is 1.85 bits per heavy atom. The molecule has 0 saturated heterocycles. The van der Waals surface area contributed by atoms with E-state index in [0.29, 0.717) is 23.9 Å². The third-order valence-corrected chi connectivity index (χ3v) is 3.26. The van der Waals surface area contributed by atoms with Crippen LogP contribution >= 0.6 is 11.6 Å². The number of hydrogen-bond donors (Lipinski definition) is 0. The Hall–Kier alpha value is -1.26. The Kier molecular flexibility index (Phi) is 6.30. The van der Waals surface area contributed by atoms with Crippen molar-refractivity contribution < 1.29 is 14.3 Å². The highest BCUT2D eigenvalue weighted by atomic mass is 35.5. The average Bonchev–Trinajstić information content (AvgIpc) is 2.37. The molecule has 0 spiro atoms. The van der Waals surface area contributed by atoms with Gasteiger partial charge in [-0.1, -0.05) is 11.6 Å². The van der Waals surface area contributed by atoms with Crippen molar-refractivity contribution in [2.45, 2.75) is 26.3 Å². The first-order chi connectivity index (χ1) is 9.29. The second-order valence-corrected chi connectivity index (χ2v) is 5.99. The van der Waals surface area contributed by atoms with E-state index in [1.807, 2.05) is 7.05 Å². The van der Waals surface area contributed by atoms with E-state index in [-0.39, 0.29) is 18.1 Å². The van der Waals surface area contributed by atoms with Gasteiger partial charge < -0.3 is 9.47 Å². The van der Waals surface area contributed by atoms with Gasteiger partial charge in [-0.25, -0.2) is 4.79 Å². The van der Waals surface area contributed by atoms with Crippen molar-refractivity contribution >= 4 is 17.6 Å². The Labute approximate surface area is 125 Å². The van der Waals surface area contributed by atoms with E-state index in [4.69, 9.17) is 21.1 Å². The van der Waals surface area contributed by atoms with Gasteiger partial charge in [0.2, 0.25) is 0 Å². The molecule has 112 valence electrons. The number of benzene rings is 1. The van der Waals surface area contributed by atoms with Gasteiger partial charge in [-0.15, -0.1) is 0 Å². The summed E-state index contributed by atoms with van der Waals surface area (Å²) in [4.78, 5) is 13.6. The monoisotopic (exact) mass is 299 g/mol. The van der Waals surface area contributed by atoms with Crippen molar-refractivity contribution in [3.63, 3.8) is 0 Å². The summed E-state index contributed by atoms with van der Waals surface area (Å²) in [5.74, 6) is 0.223. The first kappa shape index (κ1) is 16.8. The number of halogens is 1. The second kappa shape index (κ2) is 7.50. The average molecular weight is 300 g/mol. The van der Waals surface area contributed by atoms with Crippen molar-refractivity contribution in [3.05, 3.63) is 29.3 Å². The van der Waals surface area contributed by atoms with E-state index >= 15 is 0 Å². The van der Waals surface area contributed by atoms with Gasteiger partial charge in [-0.2, -0.15) is 0 Å². The normalized spacial score (nSPS) is 11.5. The van der Waals surface area contributed by atoms with Crippen LogP contribution in [0.2, 0.25) is 5.02 Å². The predicted octanol–water partition coefficient (Wildman–Crippen LogP) is 2.99. The van der Waals surface area contributed by atoms with E-state index < -0.39 is 0 Å². The lowest BCUT2D eigenvalue weighted by Crippen LogP contribution is -2.40. The van der Waals surface area contributed by atoms with Crippen LogP contribution in [-0.2, 0) is 9.53 Å². The molecule has 1 aromatic carbocycles. The number of esters is 1. The summed E-state index contributed by atoms with van der Waals surface area (Å²) in [5, 5.41) is 0.630. The van der Waals surface area contributed by atoms with Crippen LogP contribution in [0.3, 0.4) is 0 Å². The maximum absolute atomic E-state index is 11.5. The van der Waals surface area contributed by atoms with Crippen molar-refractivity contribution in [1.29, 1.82) is 0 Å². The highest BCUT2D eigenvalue weighted by molar-refractivity contribution is 6.30. The van der Waals surface area contributed by atoms with Crippen LogP contribution in [0.15, 0.2) is 24.3 Å². The van der Waals surface area contributed by atoms with Gasteiger partial charge in [0.15, 0.2) is 6.61 Å². The van der Waals surface area contributed by atoms with E-state index in [1.165, 1.54) is 0 Å². The summed E-state index contributed by atoms with van der Waals surface area (Å²) in [5.41, 5.74) is 0.0617. The maximum Gasteiger partial charge on any atom is 0.344 e. The van der Waals surface area contributed by atoms with E-state index in [0.717, 1.165) is 0 Å². The van der Waals surface area contributed by atoms with Crippen LogP contribution < -0.4 is 4.74 Å². The maximum atomic E-state index is 11.5. The molecule has 0 fully saturated rings. The molecule has 5 heteroatoms. The van der Waals surface area contributed by atoms with Crippen LogP contribution in [0.1, 0.15) is 20.8 Å². The molecule has 1 aromatic rings. The minimum atomic E-state index is -0.373. The zero-order valence-corrected chi connectivity index (χ0v) is 13.2. The third kappa shape index (κ3) is 6.26. The van der Waals surface area contributed by atoms with Crippen LogP contribution in [0.25, 0.3) is 0 Å². The molecule has 0 N–H and O–H groups in total. The number of carbonyl (C=O) groups excluding carboxylic acids is 1. The smallest absolute Gasteiger partial charge is 0.344 e. The van der Waals surface area contributed by atoms with Gasteiger partial charge in [-0.05, 0) is 52.1 Å². The standard InChI is InChI=1S/C15H22ClNO3/c1-15(2,3)17(4)9-10-19-14(18)11-20-13-7-5-12(16)6-8-13/h5-8H,9-11H2,1-4H3. The van der Waals surface area contributed by atoms with Crippen molar-refractivity contribution in [3.8, 4) is 5.75 Å². The second-order valence-electron chi connectivity index (χ2n) is 5.56. The third-order valence-electron chi connectivity index (χ3n) is 3.01. The summed E-state index contributed by atoms with van der Waals surface area (Å²) < 4.78 is 10.4. The van der Waals surface area contributed by atoms with E-state index in [9.17, 15) is 4.79 Å². The number of rotatable bonds is 6. The van der Waals surface area contributed by atoms with Crippen LogP contribution in [0.4, 0.5) is 0 Å². The van der Waals surface area contributed by atoms with Gasteiger partial charge in [0.05, 0.1) is 0 Å². The number of carbonyl (C=O) groups is 1. The fourth-order valence-corrected chi connectivity index (χ4v) is 1.47. The van der Waals surface area contributed by atoms with Crippen LogP contribution in [0, 0.1) is 0 Å². The largest absolute Gasteiger partial charge is 0.482 e. The summed E-state index contributed by atoms with van der Waals surface area (Å²) in [7, 11) is 2.00. The fraction of sp³-hybridized carbons (Fsp3) is 0.533. The lowest BCUT2D eigenvalue weighted by atomic mass is 10.1. The topological polar surface area (TPSA) is 38.8 Å². The highest BCUT2D eigenvalue weighted by Crippen LogP contribution is 2.15. The summed E-state index contributed by atoms with van der Waals surface area (Å²) in [6.45, 7) is 7.28. The molecule has 0 unspecified atom stereocenters. The lowest BCUT2D eigenvalue weighted by Gasteiger charge is -2.31. The molecule has 0 atom stereocenters. The van der Waals surface area contributed by atoms with Gasteiger partial charge in [-0.3, -0.25) is 4.90 Å². The highest BCUT2D eigenvalue weighted by Gasteiger charge is 2.16. The molecular formula is C15H22ClNO3. The number of ether oxygens (including phenoxy) is 2. The molecule has 0 amide bonds. The summed E-state index contributed by atoms with van der Waals surface area (Å²) in [6.07, 6.45) is 0. The minimum Gasteiger partial charge on any atom is -0.482 e. The SMILES string of the molecule is CN(CCOC(=O)COc1ccc(Cl)cc1)C(C)(C)C. The van der Waals surface area contributed by atoms with Gasteiger partial charge >= 0.3 is 5.97 Å². The number of nitrogens with zero attached hydrogens (tertiary/aromatic N) is 1. The Morgan fingerprint density at radius 3 is 2.40 bits per heavy atom. The minimum absolute atomic E-state index is 0.0617. The zero-order chi connectivity index (χ0) is 15.2. The molecule has 0 radical (unpaired) electrons. The Morgan fingerprint density at radius 1 is 1.25 bits per heavy atom. The van der Waals surface area contributed by atoms with Gasteiger partial charge in [0.1, 0.15) is 12.4 Å². The molecule has 1 rings (SSSR count). The molecule has 4 nitrogen and oxygen atoms in total. The zero-order valence-electron chi connectivity index (χ0n) is 12.5. The molecule has 0 saturated carbocycles. The molecule has 0 heterocycles. The first-order valence-electron chi connectivity index (χ1n) is 6.54. The van der Waals surface area contributed by atoms with Crippen molar-refractivity contribution in [1.82, 2.24) is 4.90 Å². The van der Waals surface area contributed by atoms with Gasteiger partial charge in [0, 0.05) is 17.1 Å². The quantitative estimate of drug-likeness (QED) is 0.757. The predicted molar refractivity (Wildman–Crippen MR) is 80.3 cm³/mol. The van der Waals surface area contributed by atoms with E-state index in [1.54, 1.807) is 24.3 Å². The van der Waals surface area contributed by atoms with Crippen molar-refractivity contribution in [2.24, 2.45) is 0 Å². The molecule has 0 aliphatic heterocycles. The van der Waals surface area contributed by atoms with Gasteiger partial charge in [0.25, 0.3) is 0 Å². The molecule has 0 aromatic heterocycles. The summed E-state index contributed by atoms with van der Waals surface area (Å²) in [6, 6.07) is 6.84. The summed E-state index contributed by atoms with van der Waals surface area (Å²) >= 11 is 5.76. The first-order valence-corrected chi connectivity index (χ1v) is 6.92. The molecule has 0 aliphatic rings. The van der Waals surface area contributed by atoms with Crippen molar-refractivity contribution in [2.75, 3.05) is 26.8 Å². The van der Waals surface area contributed by atoms with Crippen LogP contribution in [-0.4, -0.2) is 43.2 Å². The number of likely N-dealkylation sites (N-methyl/N-ethyl adjacent to an activating group) is 1. The lowest BCUT2D eigenvalue weighted by molar-refractivity contribution is -0.146.